The van der Waals surface area contributed by atoms with E-state index in [1.54, 1.807) is 43.5 Å². The van der Waals surface area contributed by atoms with Gasteiger partial charge in [-0.2, -0.15) is 0 Å². The number of benzene rings is 2. The van der Waals surface area contributed by atoms with E-state index in [2.05, 4.69) is 10.0 Å². The Kier molecular flexibility index (Phi) is 7.39. The lowest BCUT2D eigenvalue weighted by Gasteiger charge is -2.07. The molecule has 1 amide bonds. The van der Waals surface area contributed by atoms with Crippen molar-refractivity contribution in [3.05, 3.63) is 64.7 Å². The molecule has 0 aromatic heterocycles. The van der Waals surface area contributed by atoms with Crippen molar-refractivity contribution < 1.29 is 13.7 Å². The van der Waals surface area contributed by atoms with Gasteiger partial charge in [0.1, 0.15) is 11.0 Å². The van der Waals surface area contributed by atoms with Crippen molar-refractivity contribution in [2.45, 2.75) is 11.4 Å². The van der Waals surface area contributed by atoms with E-state index in [0.717, 1.165) is 5.56 Å². The van der Waals surface area contributed by atoms with Gasteiger partial charge in [-0.05, 0) is 42.0 Å². The number of halogens is 1. The van der Waals surface area contributed by atoms with Gasteiger partial charge in [0.15, 0.2) is 0 Å². The Morgan fingerprint density at radius 1 is 1.12 bits per heavy atom. The molecule has 2 N–H and O–H groups in total. The van der Waals surface area contributed by atoms with E-state index < -0.39 is 11.0 Å². The monoisotopic (exact) mass is 366 g/mol. The van der Waals surface area contributed by atoms with Crippen LogP contribution in [-0.4, -0.2) is 30.4 Å². The summed E-state index contributed by atoms with van der Waals surface area (Å²) in [7, 11) is 0.272. The SMILES string of the molecule is COCCNC(=O)c1ccc(CNS(=O)c2ccc(Cl)cc2)cc1. The number of ether oxygens (including phenoxy) is 1. The number of methoxy groups -OCH3 is 1. The van der Waals surface area contributed by atoms with E-state index >= 15 is 0 Å². The van der Waals surface area contributed by atoms with E-state index in [-0.39, 0.29) is 5.91 Å². The number of nitrogens with one attached hydrogen (secondary N) is 2. The number of carbonyl (C=O) groups is 1. The zero-order valence-corrected chi connectivity index (χ0v) is 14.8. The van der Waals surface area contributed by atoms with E-state index in [0.29, 0.717) is 35.2 Å². The summed E-state index contributed by atoms with van der Waals surface area (Å²) in [6.07, 6.45) is 0. The molecule has 0 radical (unpaired) electrons. The number of hydrogen-bond donors (Lipinski definition) is 2. The second-order valence-electron chi connectivity index (χ2n) is 4.99. The van der Waals surface area contributed by atoms with Crippen LogP contribution in [0, 0.1) is 0 Å². The summed E-state index contributed by atoms with van der Waals surface area (Å²) in [5, 5.41) is 3.36. The molecule has 2 aromatic carbocycles. The van der Waals surface area contributed by atoms with Gasteiger partial charge < -0.3 is 10.1 Å². The average Bonchev–Trinajstić information content (AvgIpc) is 2.61. The Hall–Kier alpha value is -1.73. The van der Waals surface area contributed by atoms with Crippen molar-refractivity contribution >= 4 is 28.5 Å². The van der Waals surface area contributed by atoms with E-state index in [4.69, 9.17) is 16.3 Å². The van der Waals surface area contributed by atoms with Gasteiger partial charge in [0.05, 0.1) is 11.5 Å². The summed E-state index contributed by atoms with van der Waals surface area (Å²) >= 11 is 5.81. The van der Waals surface area contributed by atoms with Gasteiger partial charge in [-0.1, -0.05) is 23.7 Å². The maximum atomic E-state index is 12.1. The molecule has 0 heterocycles. The normalized spacial score (nSPS) is 11.9. The summed E-state index contributed by atoms with van der Waals surface area (Å²) in [4.78, 5) is 12.5. The lowest BCUT2D eigenvalue weighted by atomic mass is 10.1. The number of carbonyl (C=O) groups excluding carboxylic acids is 1. The Bertz CT molecular complexity index is 690. The van der Waals surface area contributed by atoms with E-state index in [1.165, 1.54) is 0 Å². The van der Waals surface area contributed by atoms with Gasteiger partial charge >= 0.3 is 0 Å². The number of rotatable bonds is 8. The molecule has 0 aliphatic heterocycles. The fraction of sp³-hybridized carbons (Fsp3) is 0.235. The van der Waals surface area contributed by atoms with Crippen molar-refractivity contribution in [1.82, 2.24) is 10.0 Å². The van der Waals surface area contributed by atoms with Crippen molar-refractivity contribution in [1.29, 1.82) is 0 Å². The second-order valence-corrected chi connectivity index (χ2v) is 6.72. The largest absolute Gasteiger partial charge is 0.383 e. The third-order valence-electron chi connectivity index (χ3n) is 3.24. The third kappa shape index (κ3) is 5.72. The number of amides is 1. The minimum absolute atomic E-state index is 0.142. The summed E-state index contributed by atoms with van der Waals surface area (Å²) in [5.74, 6) is -0.142. The van der Waals surface area contributed by atoms with Crippen LogP contribution in [-0.2, 0) is 22.3 Å². The molecule has 2 rings (SSSR count). The van der Waals surface area contributed by atoms with Crippen molar-refractivity contribution in [3.63, 3.8) is 0 Å². The van der Waals surface area contributed by atoms with Crippen LogP contribution in [0.2, 0.25) is 5.02 Å². The zero-order valence-electron chi connectivity index (χ0n) is 13.3. The fourth-order valence-electron chi connectivity index (χ4n) is 1.93. The lowest BCUT2D eigenvalue weighted by Crippen LogP contribution is -2.26. The second kappa shape index (κ2) is 9.54. The molecule has 2 aromatic rings. The van der Waals surface area contributed by atoms with Crippen LogP contribution in [0.4, 0.5) is 0 Å². The first-order valence-corrected chi connectivity index (χ1v) is 8.90. The summed E-state index contributed by atoms with van der Waals surface area (Å²) < 4.78 is 20.0. The molecular formula is C17H19ClN2O3S. The molecule has 7 heteroatoms. The van der Waals surface area contributed by atoms with Crippen LogP contribution in [0.25, 0.3) is 0 Å². The van der Waals surface area contributed by atoms with Gasteiger partial charge in [-0.15, -0.1) is 0 Å². The minimum atomic E-state index is -1.31. The van der Waals surface area contributed by atoms with E-state index in [1.807, 2.05) is 12.1 Å². The Morgan fingerprint density at radius 2 is 1.79 bits per heavy atom. The maximum Gasteiger partial charge on any atom is 0.251 e. The minimum Gasteiger partial charge on any atom is -0.383 e. The highest BCUT2D eigenvalue weighted by Crippen LogP contribution is 2.12. The first-order chi connectivity index (χ1) is 11.6. The quantitative estimate of drug-likeness (QED) is 0.705. The highest BCUT2D eigenvalue weighted by atomic mass is 35.5. The van der Waals surface area contributed by atoms with Gasteiger partial charge in [-0.25, -0.2) is 8.93 Å². The summed E-state index contributed by atoms with van der Waals surface area (Å²) in [6, 6.07) is 14.0. The fourth-order valence-corrected chi connectivity index (χ4v) is 2.91. The molecule has 24 heavy (non-hydrogen) atoms. The molecular weight excluding hydrogens is 348 g/mol. The molecule has 0 bridgehead atoms. The Labute approximate surface area is 149 Å². The van der Waals surface area contributed by atoms with Crippen molar-refractivity contribution in [2.75, 3.05) is 20.3 Å². The molecule has 0 aliphatic carbocycles. The molecule has 0 saturated carbocycles. The predicted octanol–water partition coefficient (Wildman–Crippen LogP) is 2.53. The molecule has 128 valence electrons. The molecule has 0 aliphatic rings. The highest BCUT2D eigenvalue weighted by molar-refractivity contribution is 7.83. The maximum absolute atomic E-state index is 12.1. The molecule has 1 atom stereocenters. The lowest BCUT2D eigenvalue weighted by molar-refractivity contribution is 0.0937. The standard InChI is InChI=1S/C17H19ClN2O3S/c1-23-11-10-19-17(21)14-4-2-13(3-5-14)12-20-24(22)16-8-6-15(18)7-9-16/h2-9,20H,10-12H2,1H3,(H,19,21). The van der Waals surface area contributed by atoms with E-state index in [9.17, 15) is 9.00 Å². The summed E-state index contributed by atoms with van der Waals surface area (Å²) in [6.45, 7) is 1.38. The van der Waals surface area contributed by atoms with Crippen LogP contribution in [0.1, 0.15) is 15.9 Å². The van der Waals surface area contributed by atoms with Crippen LogP contribution in [0.5, 0.6) is 0 Å². The van der Waals surface area contributed by atoms with Crippen LogP contribution < -0.4 is 10.0 Å². The van der Waals surface area contributed by atoms with Crippen molar-refractivity contribution in [2.24, 2.45) is 0 Å². The number of hydrogen-bond acceptors (Lipinski definition) is 3. The first-order valence-electron chi connectivity index (χ1n) is 7.37. The average molecular weight is 367 g/mol. The topological polar surface area (TPSA) is 67.4 Å². The Balaban J connectivity index is 1.86. The predicted molar refractivity (Wildman–Crippen MR) is 95.4 cm³/mol. The van der Waals surface area contributed by atoms with Gasteiger partial charge in [0.25, 0.3) is 5.91 Å². The van der Waals surface area contributed by atoms with Crippen LogP contribution in [0.15, 0.2) is 53.4 Å². The zero-order chi connectivity index (χ0) is 17.4. The molecule has 5 nitrogen and oxygen atoms in total. The van der Waals surface area contributed by atoms with Gasteiger partial charge in [0.2, 0.25) is 0 Å². The van der Waals surface area contributed by atoms with Crippen molar-refractivity contribution in [3.8, 4) is 0 Å². The molecule has 0 spiro atoms. The van der Waals surface area contributed by atoms with Crippen LogP contribution >= 0.6 is 11.6 Å². The third-order valence-corrected chi connectivity index (χ3v) is 4.60. The van der Waals surface area contributed by atoms with Crippen LogP contribution in [0.3, 0.4) is 0 Å². The molecule has 0 saturated heterocycles. The highest BCUT2D eigenvalue weighted by Gasteiger charge is 2.06. The molecule has 0 fully saturated rings. The Morgan fingerprint density at radius 3 is 2.42 bits per heavy atom. The smallest absolute Gasteiger partial charge is 0.251 e. The summed E-state index contributed by atoms with van der Waals surface area (Å²) in [5.41, 5.74) is 1.51. The van der Waals surface area contributed by atoms with Gasteiger partial charge in [0, 0.05) is 30.8 Å². The first kappa shape index (κ1) is 18.6. The van der Waals surface area contributed by atoms with Gasteiger partial charge in [-0.3, -0.25) is 4.79 Å². The molecule has 1 unspecified atom stereocenters.